The third-order valence-corrected chi connectivity index (χ3v) is 2.51. The summed E-state index contributed by atoms with van der Waals surface area (Å²) in [5.41, 5.74) is 5.94. The summed E-state index contributed by atoms with van der Waals surface area (Å²) in [4.78, 5) is 10.9. The van der Waals surface area contributed by atoms with Gasteiger partial charge < -0.3 is 9.47 Å². The molecule has 1 aromatic rings. The van der Waals surface area contributed by atoms with Gasteiger partial charge in [0.05, 0.1) is 6.26 Å². The van der Waals surface area contributed by atoms with Gasteiger partial charge >= 0.3 is 0 Å². The van der Waals surface area contributed by atoms with Crippen LogP contribution in [0.3, 0.4) is 0 Å². The van der Waals surface area contributed by atoms with Crippen LogP contribution in [0.2, 0.25) is 0 Å². The Morgan fingerprint density at radius 2 is 1.79 bits per heavy atom. The standard InChI is InChI=1S/C21H18O3/c1-3-5-7-9-11-15-23-20-14-13-19(18-22)17-21(20)24-16-12-10-8-6-4-2/h4-11,13-18H,1-2H2/b8-6+,9-7+,15-11+. The molecule has 0 saturated heterocycles. The second-order valence-electron chi connectivity index (χ2n) is 4.22. The molecule has 0 unspecified atom stereocenters. The number of rotatable bonds is 9. The van der Waals surface area contributed by atoms with Crippen molar-refractivity contribution in [3.8, 4) is 11.5 Å². The summed E-state index contributed by atoms with van der Waals surface area (Å²) < 4.78 is 11.0. The Balaban J connectivity index is 2.85. The van der Waals surface area contributed by atoms with Crippen LogP contribution in [0.15, 0.2) is 104 Å². The molecule has 0 fully saturated rings. The fourth-order valence-electron chi connectivity index (χ4n) is 1.46. The highest BCUT2D eigenvalue weighted by Crippen LogP contribution is 2.28. The molecule has 0 radical (unpaired) electrons. The Hall–Kier alpha value is -3.51. The maximum atomic E-state index is 10.9. The normalized spacial score (nSPS) is 10.2. The minimum Gasteiger partial charge on any atom is -0.461 e. The SMILES string of the molecule is C=C=C/C=C/C=C/Oc1ccc(C=O)cc1OC=C=C/C=C/C=C. The van der Waals surface area contributed by atoms with Crippen molar-refractivity contribution in [3.63, 3.8) is 0 Å². The molecule has 24 heavy (non-hydrogen) atoms. The van der Waals surface area contributed by atoms with Crippen molar-refractivity contribution in [1.29, 1.82) is 0 Å². The number of benzene rings is 1. The van der Waals surface area contributed by atoms with Crippen molar-refractivity contribution >= 4 is 6.29 Å². The highest BCUT2D eigenvalue weighted by molar-refractivity contribution is 5.76. The summed E-state index contributed by atoms with van der Waals surface area (Å²) in [5, 5.41) is 0. The molecule has 0 aliphatic heterocycles. The summed E-state index contributed by atoms with van der Waals surface area (Å²) >= 11 is 0. The highest BCUT2D eigenvalue weighted by atomic mass is 16.5. The van der Waals surface area contributed by atoms with E-state index in [0.717, 1.165) is 6.29 Å². The summed E-state index contributed by atoms with van der Waals surface area (Å²) in [6.07, 6.45) is 17.4. The number of ether oxygens (including phenoxy) is 2. The van der Waals surface area contributed by atoms with E-state index in [-0.39, 0.29) is 0 Å². The molecule has 0 bridgehead atoms. The highest BCUT2D eigenvalue weighted by Gasteiger charge is 2.04. The third kappa shape index (κ3) is 7.48. The van der Waals surface area contributed by atoms with Crippen LogP contribution in [-0.4, -0.2) is 6.29 Å². The van der Waals surface area contributed by atoms with Gasteiger partial charge in [-0.1, -0.05) is 49.3 Å². The summed E-state index contributed by atoms with van der Waals surface area (Å²) in [6.45, 7) is 7.02. The zero-order valence-electron chi connectivity index (χ0n) is 13.2. The second-order valence-corrected chi connectivity index (χ2v) is 4.22. The predicted octanol–water partition coefficient (Wildman–Crippen LogP) is 5.08. The molecule has 3 heteroatoms. The summed E-state index contributed by atoms with van der Waals surface area (Å²) in [5.74, 6) is 0.886. The van der Waals surface area contributed by atoms with Crippen LogP contribution in [0.1, 0.15) is 10.4 Å². The molecule has 0 heterocycles. The van der Waals surface area contributed by atoms with Gasteiger partial charge in [0.25, 0.3) is 0 Å². The first-order valence-corrected chi connectivity index (χ1v) is 7.10. The molecular formula is C21H18O3. The minimum atomic E-state index is 0.410. The van der Waals surface area contributed by atoms with Crippen LogP contribution in [0, 0.1) is 0 Å². The number of allylic oxidation sites excluding steroid dienone is 8. The topological polar surface area (TPSA) is 35.5 Å². The van der Waals surface area contributed by atoms with E-state index in [1.54, 1.807) is 66.8 Å². The largest absolute Gasteiger partial charge is 0.461 e. The molecule has 0 aromatic heterocycles. The molecule has 0 aliphatic rings. The van der Waals surface area contributed by atoms with Gasteiger partial charge in [0.2, 0.25) is 0 Å². The maximum Gasteiger partial charge on any atom is 0.170 e. The van der Waals surface area contributed by atoms with Crippen LogP contribution >= 0.6 is 0 Å². The van der Waals surface area contributed by atoms with Crippen molar-refractivity contribution < 1.29 is 14.3 Å². The van der Waals surface area contributed by atoms with Crippen molar-refractivity contribution in [2.75, 3.05) is 0 Å². The molecule has 0 amide bonds. The molecule has 0 atom stereocenters. The minimum absolute atomic E-state index is 0.410. The van der Waals surface area contributed by atoms with Crippen LogP contribution in [-0.2, 0) is 0 Å². The first kappa shape index (κ1) is 18.5. The number of hydrogen-bond donors (Lipinski definition) is 0. The van der Waals surface area contributed by atoms with Crippen LogP contribution in [0.5, 0.6) is 11.5 Å². The van der Waals surface area contributed by atoms with Gasteiger partial charge in [0.15, 0.2) is 11.5 Å². The number of aldehydes is 1. The molecule has 120 valence electrons. The average Bonchev–Trinajstić information content (AvgIpc) is 2.61. The van der Waals surface area contributed by atoms with Gasteiger partial charge in [-0.15, -0.1) is 5.73 Å². The Labute approximate surface area is 142 Å². The molecule has 0 spiro atoms. The van der Waals surface area contributed by atoms with Crippen molar-refractivity contribution in [2.24, 2.45) is 0 Å². The fraction of sp³-hybridized carbons (Fsp3) is 0. The van der Waals surface area contributed by atoms with Gasteiger partial charge in [0, 0.05) is 5.56 Å². The molecule has 3 nitrogen and oxygen atoms in total. The lowest BCUT2D eigenvalue weighted by Gasteiger charge is -2.07. The third-order valence-electron chi connectivity index (χ3n) is 2.51. The van der Waals surface area contributed by atoms with Gasteiger partial charge in [-0.2, -0.15) is 0 Å². The van der Waals surface area contributed by atoms with Crippen molar-refractivity contribution in [2.45, 2.75) is 0 Å². The Bertz CT molecular complexity index is 751. The first-order chi connectivity index (χ1) is 11.8. The van der Waals surface area contributed by atoms with Crippen molar-refractivity contribution in [1.82, 2.24) is 0 Å². The lowest BCUT2D eigenvalue weighted by atomic mass is 10.2. The lowest BCUT2D eigenvalue weighted by Crippen LogP contribution is -1.90. The van der Waals surface area contributed by atoms with Gasteiger partial charge in [-0.3, -0.25) is 4.79 Å². The monoisotopic (exact) mass is 318 g/mol. The zero-order chi connectivity index (χ0) is 17.5. The number of carbonyl (C=O) groups excluding carboxylic acids is 1. The van der Waals surface area contributed by atoms with Crippen LogP contribution < -0.4 is 9.47 Å². The van der Waals surface area contributed by atoms with E-state index in [9.17, 15) is 4.79 Å². The molecule has 0 saturated carbocycles. The smallest absolute Gasteiger partial charge is 0.170 e. The number of hydrogen-bond acceptors (Lipinski definition) is 3. The van der Waals surface area contributed by atoms with E-state index in [2.05, 4.69) is 24.6 Å². The van der Waals surface area contributed by atoms with Crippen LogP contribution in [0.25, 0.3) is 0 Å². The summed E-state index contributed by atoms with van der Waals surface area (Å²) in [6, 6.07) is 4.89. The Morgan fingerprint density at radius 3 is 2.54 bits per heavy atom. The average molecular weight is 318 g/mol. The van der Waals surface area contributed by atoms with Gasteiger partial charge in [0.1, 0.15) is 12.5 Å². The number of carbonyl (C=O) groups is 1. The Morgan fingerprint density at radius 1 is 0.958 bits per heavy atom. The maximum absolute atomic E-state index is 10.9. The molecule has 1 rings (SSSR count). The first-order valence-electron chi connectivity index (χ1n) is 7.10. The predicted molar refractivity (Wildman–Crippen MR) is 97.1 cm³/mol. The van der Waals surface area contributed by atoms with E-state index >= 15 is 0 Å². The quantitative estimate of drug-likeness (QED) is 0.276. The van der Waals surface area contributed by atoms with E-state index in [0.29, 0.717) is 17.1 Å². The van der Waals surface area contributed by atoms with Crippen LogP contribution in [0.4, 0.5) is 0 Å². The zero-order valence-corrected chi connectivity index (χ0v) is 13.2. The lowest BCUT2D eigenvalue weighted by molar-refractivity contribution is 0.112. The molecular weight excluding hydrogens is 300 g/mol. The van der Waals surface area contributed by atoms with E-state index in [1.807, 2.05) is 0 Å². The van der Waals surface area contributed by atoms with Crippen molar-refractivity contribution in [3.05, 3.63) is 110 Å². The van der Waals surface area contributed by atoms with E-state index in [1.165, 1.54) is 12.5 Å². The van der Waals surface area contributed by atoms with E-state index in [4.69, 9.17) is 9.47 Å². The molecule has 1 aromatic carbocycles. The molecule has 0 N–H and O–H groups in total. The molecule has 0 aliphatic carbocycles. The Kier molecular flexibility index (Phi) is 9.33. The van der Waals surface area contributed by atoms with E-state index < -0.39 is 0 Å². The van der Waals surface area contributed by atoms with Gasteiger partial charge in [-0.25, -0.2) is 0 Å². The van der Waals surface area contributed by atoms with Gasteiger partial charge in [-0.05, 0) is 36.4 Å². The summed E-state index contributed by atoms with van der Waals surface area (Å²) in [7, 11) is 0. The fourth-order valence-corrected chi connectivity index (χ4v) is 1.46. The second kappa shape index (κ2) is 12.1.